The van der Waals surface area contributed by atoms with Gasteiger partial charge in [-0.05, 0) is 23.8 Å². The molecule has 0 saturated carbocycles. The molecule has 1 aliphatic heterocycles. The molecular formula is C15H16Cl2N2O4. The van der Waals surface area contributed by atoms with Crippen LogP contribution in [-0.2, 0) is 13.1 Å². The molecule has 2 heterocycles. The van der Waals surface area contributed by atoms with Gasteiger partial charge in [0, 0.05) is 6.54 Å². The lowest BCUT2D eigenvalue weighted by atomic mass is 10.2. The summed E-state index contributed by atoms with van der Waals surface area (Å²) in [5.74, 6) is 1.46. The van der Waals surface area contributed by atoms with Crippen molar-refractivity contribution in [1.29, 1.82) is 0 Å². The van der Waals surface area contributed by atoms with Crippen molar-refractivity contribution in [3.8, 4) is 11.5 Å². The van der Waals surface area contributed by atoms with E-state index in [-0.39, 0.29) is 24.9 Å². The van der Waals surface area contributed by atoms with E-state index in [1.165, 1.54) is 6.26 Å². The maximum atomic E-state index is 12.0. The van der Waals surface area contributed by atoms with Gasteiger partial charge in [-0.2, -0.15) is 0 Å². The van der Waals surface area contributed by atoms with E-state index in [9.17, 15) is 4.79 Å². The number of carbonyl (C=O) groups excluding carboxylic acids is 1. The van der Waals surface area contributed by atoms with Crippen molar-refractivity contribution in [2.75, 3.05) is 13.2 Å². The third kappa shape index (κ3) is 3.90. The molecule has 0 aliphatic carbocycles. The molecule has 1 aromatic carbocycles. The van der Waals surface area contributed by atoms with Crippen LogP contribution in [-0.4, -0.2) is 19.1 Å². The monoisotopic (exact) mass is 358 g/mol. The first kappa shape index (κ1) is 17.5. The van der Waals surface area contributed by atoms with E-state index in [0.717, 1.165) is 5.56 Å². The summed E-state index contributed by atoms with van der Waals surface area (Å²) < 4.78 is 16.1. The van der Waals surface area contributed by atoms with Crippen LogP contribution in [0.4, 0.5) is 0 Å². The molecule has 0 fully saturated rings. The van der Waals surface area contributed by atoms with Crippen LogP contribution in [0, 0.1) is 0 Å². The Morgan fingerprint density at radius 3 is 2.78 bits per heavy atom. The Morgan fingerprint density at radius 2 is 2.04 bits per heavy atom. The Hall–Kier alpha value is -1.89. The van der Waals surface area contributed by atoms with Crippen molar-refractivity contribution in [1.82, 2.24) is 5.32 Å². The number of ether oxygens (including phenoxy) is 2. The fraction of sp³-hybridized carbons (Fsp3) is 0.267. The summed E-state index contributed by atoms with van der Waals surface area (Å²) in [7, 11) is 0. The first-order valence-corrected chi connectivity index (χ1v) is 7.19. The van der Waals surface area contributed by atoms with Crippen molar-refractivity contribution in [3.63, 3.8) is 0 Å². The number of hydrogen-bond acceptors (Lipinski definition) is 5. The molecule has 3 N–H and O–H groups in total. The van der Waals surface area contributed by atoms with Crippen LogP contribution in [0.25, 0.3) is 0 Å². The second-order valence-electron chi connectivity index (χ2n) is 4.79. The molecule has 0 bridgehead atoms. The number of carbonyl (C=O) groups is 1. The fourth-order valence-electron chi connectivity index (χ4n) is 2.16. The molecule has 1 aliphatic rings. The summed E-state index contributed by atoms with van der Waals surface area (Å²) in [6.07, 6.45) is 1.38. The van der Waals surface area contributed by atoms with E-state index in [4.69, 9.17) is 31.2 Å². The van der Waals surface area contributed by atoms with Gasteiger partial charge in [-0.15, -0.1) is 12.4 Å². The third-order valence-corrected chi connectivity index (χ3v) is 3.51. The molecular weight excluding hydrogens is 343 g/mol. The van der Waals surface area contributed by atoms with Gasteiger partial charge in [0.2, 0.25) is 0 Å². The van der Waals surface area contributed by atoms with Gasteiger partial charge >= 0.3 is 0 Å². The lowest BCUT2D eigenvalue weighted by Crippen LogP contribution is -2.22. The van der Waals surface area contributed by atoms with E-state index >= 15 is 0 Å². The lowest BCUT2D eigenvalue weighted by molar-refractivity contribution is 0.0950. The molecule has 3 rings (SSSR count). The average molecular weight is 359 g/mol. The Kier molecular flexibility index (Phi) is 5.76. The van der Waals surface area contributed by atoms with E-state index < -0.39 is 0 Å². The minimum Gasteiger partial charge on any atom is -0.486 e. The molecule has 23 heavy (non-hydrogen) atoms. The third-order valence-electron chi connectivity index (χ3n) is 3.23. The number of nitrogens with two attached hydrogens (primary N) is 1. The van der Waals surface area contributed by atoms with Crippen LogP contribution in [0.15, 0.2) is 28.9 Å². The van der Waals surface area contributed by atoms with Gasteiger partial charge in [-0.1, -0.05) is 11.6 Å². The van der Waals surface area contributed by atoms with Gasteiger partial charge in [0.1, 0.15) is 25.2 Å². The van der Waals surface area contributed by atoms with Crippen LogP contribution < -0.4 is 20.5 Å². The highest BCUT2D eigenvalue weighted by Gasteiger charge is 2.17. The molecule has 8 heteroatoms. The smallest absolute Gasteiger partial charge is 0.254 e. The summed E-state index contributed by atoms with van der Waals surface area (Å²) in [6.45, 7) is 1.53. The molecule has 0 unspecified atom stereocenters. The van der Waals surface area contributed by atoms with Crippen molar-refractivity contribution in [2.24, 2.45) is 5.73 Å². The van der Waals surface area contributed by atoms with E-state index in [1.807, 2.05) is 0 Å². The number of hydrogen-bond donors (Lipinski definition) is 2. The molecule has 124 valence electrons. The van der Waals surface area contributed by atoms with E-state index in [0.29, 0.717) is 47.6 Å². The number of benzene rings is 1. The predicted octanol–water partition coefficient (Wildman–Crippen LogP) is 2.51. The quantitative estimate of drug-likeness (QED) is 0.876. The number of fused-ring (bicyclic) bond motifs is 1. The number of nitrogens with one attached hydrogen (secondary N) is 1. The van der Waals surface area contributed by atoms with Gasteiger partial charge in [-0.25, -0.2) is 0 Å². The number of furan rings is 1. The second kappa shape index (κ2) is 7.59. The van der Waals surface area contributed by atoms with Crippen LogP contribution in [0.2, 0.25) is 5.02 Å². The summed E-state index contributed by atoms with van der Waals surface area (Å²) in [6, 6.07) is 5.17. The maximum absolute atomic E-state index is 12.0. The van der Waals surface area contributed by atoms with Gasteiger partial charge in [0.25, 0.3) is 5.91 Å². The summed E-state index contributed by atoms with van der Waals surface area (Å²) >= 11 is 6.16. The fourth-order valence-corrected chi connectivity index (χ4v) is 2.45. The van der Waals surface area contributed by atoms with E-state index in [1.54, 1.807) is 18.2 Å². The highest BCUT2D eigenvalue weighted by atomic mass is 35.5. The lowest BCUT2D eigenvalue weighted by Gasteiger charge is -2.20. The number of amides is 1. The molecule has 2 aromatic rings. The normalized spacial score (nSPS) is 12.4. The second-order valence-corrected chi connectivity index (χ2v) is 5.20. The molecule has 0 spiro atoms. The van der Waals surface area contributed by atoms with Gasteiger partial charge in [0.05, 0.1) is 17.1 Å². The predicted molar refractivity (Wildman–Crippen MR) is 87.5 cm³/mol. The van der Waals surface area contributed by atoms with Crippen LogP contribution in [0.3, 0.4) is 0 Å². The first-order valence-electron chi connectivity index (χ1n) is 6.81. The number of rotatable bonds is 4. The maximum Gasteiger partial charge on any atom is 0.254 e. The Balaban J connectivity index is 0.00000192. The summed E-state index contributed by atoms with van der Waals surface area (Å²) in [5.41, 5.74) is 6.70. The van der Waals surface area contributed by atoms with E-state index in [2.05, 4.69) is 5.32 Å². The van der Waals surface area contributed by atoms with Crippen LogP contribution >= 0.6 is 24.0 Å². The van der Waals surface area contributed by atoms with Crippen molar-refractivity contribution in [2.45, 2.75) is 13.1 Å². The highest BCUT2D eigenvalue weighted by Crippen LogP contribution is 2.38. The molecule has 6 nitrogen and oxygen atoms in total. The minimum atomic E-state index is -0.241. The largest absolute Gasteiger partial charge is 0.486 e. The molecule has 0 saturated heterocycles. The zero-order valence-electron chi connectivity index (χ0n) is 12.1. The molecule has 1 amide bonds. The van der Waals surface area contributed by atoms with Gasteiger partial charge in [0.15, 0.2) is 11.5 Å². The SMILES string of the molecule is Cl.NCc1cc(C(=O)NCc2cc(Cl)c3c(c2)OCCO3)co1. The van der Waals surface area contributed by atoms with Crippen LogP contribution in [0.5, 0.6) is 11.5 Å². The van der Waals surface area contributed by atoms with Crippen LogP contribution in [0.1, 0.15) is 21.7 Å². The molecule has 0 atom stereocenters. The summed E-state index contributed by atoms with van der Waals surface area (Å²) in [5, 5.41) is 3.26. The van der Waals surface area contributed by atoms with Gasteiger partial charge < -0.3 is 24.9 Å². The Labute approximate surface area is 144 Å². The average Bonchev–Trinajstić information content (AvgIpc) is 3.02. The van der Waals surface area contributed by atoms with Crippen molar-refractivity contribution < 1.29 is 18.7 Å². The zero-order chi connectivity index (χ0) is 15.5. The zero-order valence-corrected chi connectivity index (χ0v) is 13.7. The highest BCUT2D eigenvalue weighted by molar-refractivity contribution is 6.32. The van der Waals surface area contributed by atoms with Crippen molar-refractivity contribution in [3.05, 3.63) is 46.4 Å². The topological polar surface area (TPSA) is 86.7 Å². The Bertz CT molecular complexity index is 703. The van der Waals surface area contributed by atoms with Crippen molar-refractivity contribution >= 4 is 29.9 Å². The Morgan fingerprint density at radius 1 is 1.26 bits per heavy atom. The number of halogens is 2. The minimum absolute atomic E-state index is 0. The summed E-state index contributed by atoms with van der Waals surface area (Å²) in [4.78, 5) is 12.0. The first-order chi connectivity index (χ1) is 10.7. The van der Waals surface area contributed by atoms with Gasteiger partial charge in [-0.3, -0.25) is 4.79 Å². The molecule has 1 aromatic heterocycles. The standard InChI is InChI=1S/C15H15ClN2O4.ClH/c16-12-3-9(4-13-14(12)21-2-1-20-13)7-18-15(19)10-5-11(6-17)22-8-10;/h3-5,8H,1-2,6-7,17H2,(H,18,19);1H. The molecule has 0 radical (unpaired) electrons.